The van der Waals surface area contributed by atoms with E-state index in [9.17, 15) is 14.0 Å². The molecule has 0 aliphatic heterocycles. The lowest BCUT2D eigenvalue weighted by atomic mass is 10.0. The first-order chi connectivity index (χ1) is 11.9. The van der Waals surface area contributed by atoms with Gasteiger partial charge < -0.3 is 15.4 Å². The lowest BCUT2D eigenvalue weighted by molar-refractivity contribution is -0.118. The molecule has 0 spiro atoms. The van der Waals surface area contributed by atoms with Crippen LogP contribution in [0.5, 0.6) is 5.75 Å². The minimum absolute atomic E-state index is 0.140. The van der Waals surface area contributed by atoms with Crippen LogP contribution in [-0.2, 0) is 4.79 Å². The Labute approximate surface area is 146 Å². The Hall–Kier alpha value is -2.89. The van der Waals surface area contributed by atoms with Gasteiger partial charge in [0.15, 0.2) is 0 Å². The minimum Gasteiger partial charge on any atom is -0.495 e. The van der Waals surface area contributed by atoms with Crippen LogP contribution in [0, 0.1) is 11.7 Å². The van der Waals surface area contributed by atoms with Gasteiger partial charge in [0.25, 0.3) is 5.91 Å². The first-order valence-corrected chi connectivity index (χ1v) is 7.92. The Morgan fingerprint density at radius 2 is 1.68 bits per heavy atom. The van der Waals surface area contributed by atoms with Crippen LogP contribution in [0.25, 0.3) is 0 Å². The highest BCUT2D eigenvalue weighted by atomic mass is 19.1. The largest absolute Gasteiger partial charge is 0.495 e. The number of hydrogen-bond donors (Lipinski definition) is 2. The summed E-state index contributed by atoms with van der Waals surface area (Å²) in [5, 5.41) is 5.47. The number of amides is 2. The number of nitrogens with one attached hydrogen (secondary N) is 2. The van der Waals surface area contributed by atoms with E-state index in [0.717, 1.165) is 0 Å². The van der Waals surface area contributed by atoms with E-state index in [-0.39, 0.29) is 17.4 Å². The second-order valence-corrected chi connectivity index (χ2v) is 5.89. The van der Waals surface area contributed by atoms with E-state index in [2.05, 4.69) is 10.6 Å². The van der Waals surface area contributed by atoms with Crippen LogP contribution in [0.3, 0.4) is 0 Å². The number of carbonyl (C=O) groups is 2. The summed E-state index contributed by atoms with van der Waals surface area (Å²) in [7, 11) is 1.52. The van der Waals surface area contributed by atoms with Crippen molar-refractivity contribution in [3.8, 4) is 5.75 Å². The van der Waals surface area contributed by atoms with E-state index in [1.165, 1.54) is 31.4 Å². The fourth-order valence-corrected chi connectivity index (χ4v) is 2.32. The molecule has 0 aromatic heterocycles. The second kappa shape index (κ2) is 8.28. The normalized spacial score (nSPS) is 11.7. The molecule has 2 rings (SSSR count). The highest BCUT2D eigenvalue weighted by Gasteiger charge is 2.25. The van der Waals surface area contributed by atoms with E-state index in [0.29, 0.717) is 11.4 Å². The summed E-state index contributed by atoms with van der Waals surface area (Å²) in [5.74, 6) is -0.822. The van der Waals surface area contributed by atoms with Crippen molar-refractivity contribution >= 4 is 17.5 Å². The van der Waals surface area contributed by atoms with Gasteiger partial charge in [-0.15, -0.1) is 0 Å². The van der Waals surface area contributed by atoms with Crippen LogP contribution in [0.1, 0.15) is 24.2 Å². The fraction of sp³-hybridized carbons (Fsp3) is 0.263. The van der Waals surface area contributed by atoms with Gasteiger partial charge in [-0.3, -0.25) is 9.59 Å². The third-order valence-corrected chi connectivity index (χ3v) is 3.71. The predicted octanol–water partition coefficient (Wildman–Crippen LogP) is 3.23. The zero-order chi connectivity index (χ0) is 18.4. The first-order valence-electron chi connectivity index (χ1n) is 7.92. The maximum absolute atomic E-state index is 13.0. The molecule has 0 saturated carbocycles. The van der Waals surface area contributed by atoms with Crippen molar-refractivity contribution in [2.75, 3.05) is 12.4 Å². The molecular formula is C19H21FN2O3. The van der Waals surface area contributed by atoms with Crippen LogP contribution in [0.2, 0.25) is 0 Å². The van der Waals surface area contributed by atoms with Gasteiger partial charge in [-0.05, 0) is 42.3 Å². The zero-order valence-electron chi connectivity index (χ0n) is 14.4. The monoisotopic (exact) mass is 344 g/mol. The number of benzene rings is 2. The molecule has 0 bridgehead atoms. The maximum Gasteiger partial charge on any atom is 0.251 e. The summed E-state index contributed by atoms with van der Waals surface area (Å²) >= 11 is 0. The van der Waals surface area contributed by atoms with Crippen LogP contribution in [-0.4, -0.2) is 25.0 Å². The Bertz CT molecular complexity index is 745. The summed E-state index contributed by atoms with van der Waals surface area (Å²) in [4.78, 5) is 24.9. The Balaban J connectivity index is 2.12. The van der Waals surface area contributed by atoms with Crippen molar-refractivity contribution in [3.05, 3.63) is 59.9 Å². The number of rotatable bonds is 6. The number of carbonyl (C=O) groups excluding carboxylic acids is 2. The minimum atomic E-state index is -0.748. The van der Waals surface area contributed by atoms with Gasteiger partial charge in [0.1, 0.15) is 17.6 Å². The first kappa shape index (κ1) is 18.4. The molecule has 2 aromatic rings. The van der Waals surface area contributed by atoms with Gasteiger partial charge in [0.05, 0.1) is 12.8 Å². The van der Waals surface area contributed by atoms with E-state index in [1.54, 1.807) is 24.3 Å². The lowest BCUT2D eigenvalue weighted by Gasteiger charge is -2.22. The van der Waals surface area contributed by atoms with E-state index < -0.39 is 17.8 Å². The molecule has 0 unspecified atom stereocenters. The van der Waals surface area contributed by atoms with Crippen molar-refractivity contribution in [2.45, 2.75) is 19.9 Å². The summed E-state index contributed by atoms with van der Waals surface area (Å²) in [6, 6.07) is 11.4. The molecule has 2 N–H and O–H groups in total. The molecule has 5 nitrogen and oxygen atoms in total. The average molecular weight is 344 g/mol. The standard InChI is InChI=1S/C19H21FN2O3/c1-12(2)17(22-18(23)13-8-10-14(20)11-9-13)19(24)21-15-6-4-5-7-16(15)25-3/h4-12,17H,1-3H3,(H,21,24)(H,22,23)/t17-/m0/s1. The molecule has 132 valence electrons. The summed E-state index contributed by atoms with van der Waals surface area (Å²) in [6.45, 7) is 3.66. The molecular weight excluding hydrogens is 323 g/mol. The molecule has 0 fully saturated rings. The van der Waals surface area contributed by atoms with E-state index >= 15 is 0 Å². The molecule has 0 aliphatic rings. The number of para-hydroxylation sites is 2. The summed E-state index contributed by atoms with van der Waals surface area (Å²) < 4.78 is 18.2. The van der Waals surface area contributed by atoms with Crippen LogP contribution in [0.15, 0.2) is 48.5 Å². The zero-order valence-corrected chi connectivity index (χ0v) is 14.4. The van der Waals surface area contributed by atoms with Gasteiger partial charge in [0, 0.05) is 5.56 Å². The van der Waals surface area contributed by atoms with Gasteiger partial charge in [0.2, 0.25) is 5.91 Å². The molecule has 6 heteroatoms. The van der Waals surface area contributed by atoms with Crippen LogP contribution in [0.4, 0.5) is 10.1 Å². The molecule has 0 aliphatic carbocycles. The Morgan fingerprint density at radius 1 is 1.04 bits per heavy atom. The molecule has 0 saturated heterocycles. The molecule has 0 heterocycles. The van der Waals surface area contributed by atoms with Gasteiger partial charge in [-0.2, -0.15) is 0 Å². The van der Waals surface area contributed by atoms with Gasteiger partial charge in [-0.1, -0.05) is 26.0 Å². The van der Waals surface area contributed by atoms with Gasteiger partial charge in [-0.25, -0.2) is 4.39 Å². The molecule has 1 atom stereocenters. The van der Waals surface area contributed by atoms with Crippen molar-refractivity contribution in [1.82, 2.24) is 5.32 Å². The maximum atomic E-state index is 13.0. The Morgan fingerprint density at radius 3 is 2.28 bits per heavy atom. The van der Waals surface area contributed by atoms with E-state index in [1.807, 2.05) is 13.8 Å². The smallest absolute Gasteiger partial charge is 0.251 e. The quantitative estimate of drug-likeness (QED) is 0.845. The number of hydrogen-bond acceptors (Lipinski definition) is 3. The van der Waals surface area contributed by atoms with Crippen LogP contribution < -0.4 is 15.4 Å². The second-order valence-electron chi connectivity index (χ2n) is 5.89. The topological polar surface area (TPSA) is 67.4 Å². The fourth-order valence-electron chi connectivity index (χ4n) is 2.32. The molecule has 2 amide bonds. The molecule has 25 heavy (non-hydrogen) atoms. The average Bonchev–Trinajstić information content (AvgIpc) is 2.60. The van der Waals surface area contributed by atoms with Crippen LogP contribution >= 0.6 is 0 Å². The van der Waals surface area contributed by atoms with Crippen molar-refractivity contribution in [3.63, 3.8) is 0 Å². The summed E-state index contributed by atoms with van der Waals surface area (Å²) in [6.07, 6.45) is 0. The van der Waals surface area contributed by atoms with Gasteiger partial charge >= 0.3 is 0 Å². The molecule has 2 aromatic carbocycles. The van der Waals surface area contributed by atoms with Crippen molar-refractivity contribution < 1.29 is 18.7 Å². The molecule has 0 radical (unpaired) electrons. The number of ether oxygens (including phenoxy) is 1. The number of halogens is 1. The Kier molecular flexibility index (Phi) is 6.11. The SMILES string of the molecule is COc1ccccc1NC(=O)[C@@H](NC(=O)c1ccc(F)cc1)C(C)C. The highest BCUT2D eigenvalue weighted by Crippen LogP contribution is 2.23. The van der Waals surface area contributed by atoms with E-state index in [4.69, 9.17) is 4.74 Å². The van der Waals surface area contributed by atoms with Crippen molar-refractivity contribution in [1.29, 1.82) is 0 Å². The summed E-state index contributed by atoms with van der Waals surface area (Å²) in [5.41, 5.74) is 0.814. The third kappa shape index (κ3) is 4.79. The number of anilines is 1. The number of methoxy groups -OCH3 is 1. The van der Waals surface area contributed by atoms with Crippen molar-refractivity contribution in [2.24, 2.45) is 5.92 Å². The lowest BCUT2D eigenvalue weighted by Crippen LogP contribution is -2.47. The third-order valence-electron chi connectivity index (χ3n) is 3.71. The highest BCUT2D eigenvalue weighted by molar-refractivity contribution is 6.01. The predicted molar refractivity (Wildman–Crippen MR) is 94.1 cm³/mol.